The lowest BCUT2D eigenvalue weighted by Crippen LogP contribution is -2.24. The van der Waals surface area contributed by atoms with E-state index in [4.69, 9.17) is 10.2 Å². The van der Waals surface area contributed by atoms with Gasteiger partial charge in [0, 0.05) is 0 Å². The molecule has 2 aromatic rings. The van der Waals surface area contributed by atoms with Crippen LogP contribution >= 0.6 is 0 Å². The second kappa shape index (κ2) is 4.01. The molecule has 0 saturated carbocycles. The number of oxazole rings is 1. The van der Waals surface area contributed by atoms with Gasteiger partial charge in [0.15, 0.2) is 0 Å². The van der Waals surface area contributed by atoms with Crippen molar-refractivity contribution >= 4 is 11.9 Å². The van der Waals surface area contributed by atoms with Crippen molar-refractivity contribution in [2.75, 3.05) is 5.73 Å². The standard InChI is InChI=1S/C8H10N6O2/c1-4-2-10-5(16-4)3-11-7(15)6-12-8(9)14-13-6/h2H,3H2,1H3,(H,11,15)(H3,9,12,13,14). The molecule has 4 N–H and O–H groups in total. The first-order valence-electron chi connectivity index (χ1n) is 4.52. The van der Waals surface area contributed by atoms with Crippen molar-refractivity contribution in [2.45, 2.75) is 13.5 Å². The lowest BCUT2D eigenvalue weighted by atomic mass is 10.5. The molecule has 2 rings (SSSR count). The van der Waals surface area contributed by atoms with E-state index >= 15 is 0 Å². The number of nitrogens with one attached hydrogen (secondary N) is 2. The largest absolute Gasteiger partial charge is 0.444 e. The van der Waals surface area contributed by atoms with Gasteiger partial charge in [0.05, 0.1) is 12.7 Å². The van der Waals surface area contributed by atoms with Crippen molar-refractivity contribution in [1.29, 1.82) is 0 Å². The minimum atomic E-state index is -0.417. The zero-order valence-electron chi connectivity index (χ0n) is 8.52. The maximum Gasteiger partial charge on any atom is 0.289 e. The summed E-state index contributed by atoms with van der Waals surface area (Å²) in [7, 11) is 0. The number of anilines is 1. The molecule has 1 amide bonds. The highest BCUT2D eigenvalue weighted by molar-refractivity contribution is 5.90. The Hall–Kier alpha value is -2.38. The quantitative estimate of drug-likeness (QED) is 0.650. The highest BCUT2D eigenvalue weighted by Gasteiger charge is 2.11. The Bertz CT molecular complexity index is 502. The number of aromatic nitrogens is 4. The van der Waals surface area contributed by atoms with Crippen LogP contribution in [0.3, 0.4) is 0 Å². The van der Waals surface area contributed by atoms with Gasteiger partial charge in [0.2, 0.25) is 17.7 Å². The molecule has 0 bridgehead atoms. The molecule has 0 radical (unpaired) electrons. The molecular weight excluding hydrogens is 212 g/mol. The van der Waals surface area contributed by atoms with Crippen LogP contribution in [0.15, 0.2) is 10.6 Å². The van der Waals surface area contributed by atoms with Gasteiger partial charge >= 0.3 is 0 Å². The maximum absolute atomic E-state index is 11.5. The summed E-state index contributed by atoms with van der Waals surface area (Å²) in [4.78, 5) is 19.1. The van der Waals surface area contributed by atoms with Crippen LogP contribution in [0.1, 0.15) is 22.3 Å². The summed E-state index contributed by atoms with van der Waals surface area (Å²) in [6, 6.07) is 0. The molecule has 16 heavy (non-hydrogen) atoms. The highest BCUT2D eigenvalue weighted by atomic mass is 16.4. The van der Waals surface area contributed by atoms with Crippen LogP contribution in [0.2, 0.25) is 0 Å². The fraction of sp³-hybridized carbons (Fsp3) is 0.250. The number of aromatic amines is 1. The lowest BCUT2D eigenvalue weighted by molar-refractivity contribution is 0.0937. The predicted octanol–water partition coefficient (Wildman–Crippen LogP) is -0.387. The maximum atomic E-state index is 11.5. The third-order valence-corrected chi connectivity index (χ3v) is 1.79. The van der Waals surface area contributed by atoms with Crippen LogP contribution in [-0.4, -0.2) is 26.1 Å². The van der Waals surface area contributed by atoms with Crippen LogP contribution in [0.25, 0.3) is 0 Å². The van der Waals surface area contributed by atoms with Crippen molar-refractivity contribution in [3.05, 3.63) is 23.7 Å². The van der Waals surface area contributed by atoms with Gasteiger partial charge in [-0.15, -0.1) is 5.10 Å². The minimum absolute atomic E-state index is 0.0251. The molecule has 0 aliphatic heterocycles. The third-order valence-electron chi connectivity index (χ3n) is 1.79. The van der Waals surface area contributed by atoms with Crippen molar-refractivity contribution in [2.24, 2.45) is 0 Å². The summed E-state index contributed by atoms with van der Waals surface area (Å²) in [5.41, 5.74) is 5.26. The topological polar surface area (TPSA) is 123 Å². The second-order valence-corrected chi connectivity index (χ2v) is 3.09. The number of H-pyrrole nitrogens is 1. The number of carbonyl (C=O) groups is 1. The first kappa shape index (κ1) is 10.1. The third kappa shape index (κ3) is 2.16. The normalized spacial score (nSPS) is 10.3. The Kier molecular flexibility index (Phi) is 2.54. The number of hydrogen-bond donors (Lipinski definition) is 3. The Morgan fingerprint density at radius 3 is 3.06 bits per heavy atom. The fourth-order valence-electron chi connectivity index (χ4n) is 1.10. The van der Waals surface area contributed by atoms with Crippen LogP contribution in [0.5, 0.6) is 0 Å². The molecule has 0 aliphatic rings. The Morgan fingerprint density at radius 2 is 2.50 bits per heavy atom. The molecule has 0 fully saturated rings. The van der Waals surface area contributed by atoms with Gasteiger partial charge < -0.3 is 15.5 Å². The van der Waals surface area contributed by atoms with Crippen LogP contribution in [0.4, 0.5) is 5.95 Å². The van der Waals surface area contributed by atoms with E-state index in [1.165, 1.54) is 0 Å². The zero-order chi connectivity index (χ0) is 11.5. The van der Waals surface area contributed by atoms with Crippen molar-refractivity contribution in [3.63, 3.8) is 0 Å². The van der Waals surface area contributed by atoms with E-state index in [1.54, 1.807) is 13.1 Å². The summed E-state index contributed by atoms with van der Waals surface area (Å²) >= 11 is 0. The first-order valence-corrected chi connectivity index (χ1v) is 4.52. The van der Waals surface area contributed by atoms with Gasteiger partial charge in [0.25, 0.3) is 5.91 Å². The van der Waals surface area contributed by atoms with Gasteiger partial charge in [0.1, 0.15) is 5.76 Å². The second-order valence-electron chi connectivity index (χ2n) is 3.09. The Balaban J connectivity index is 1.93. The van der Waals surface area contributed by atoms with E-state index < -0.39 is 5.91 Å². The number of carbonyl (C=O) groups excluding carboxylic acids is 1. The number of amides is 1. The molecule has 0 aliphatic carbocycles. The number of hydrogen-bond acceptors (Lipinski definition) is 6. The van der Waals surface area contributed by atoms with E-state index in [0.29, 0.717) is 11.7 Å². The van der Waals surface area contributed by atoms with Crippen LogP contribution in [0, 0.1) is 6.92 Å². The van der Waals surface area contributed by atoms with E-state index in [-0.39, 0.29) is 18.3 Å². The number of nitrogens with zero attached hydrogens (tertiary/aromatic N) is 3. The monoisotopic (exact) mass is 222 g/mol. The summed E-state index contributed by atoms with van der Waals surface area (Å²) in [6.07, 6.45) is 1.58. The highest BCUT2D eigenvalue weighted by Crippen LogP contribution is 2.01. The van der Waals surface area contributed by atoms with E-state index in [9.17, 15) is 4.79 Å². The van der Waals surface area contributed by atoms with Crippen molar-refractivity contribution in [1.82, 2.24) is 25.5 Å². The van der Waals surface area contributed by atoms with E-state index in [2.05, 4.69) is 25.5 Å². The fourth-order valence-corrected chi connectivity index (χ4v) is 1.10. The van der Waals surface area contributed by atoms with Crippen molar-refractivity contribution in [3.8, 4) is 0 Å². The lowest BCUT2D eigenvalue weighted by Gasteiger charge is -1.98. The first-order chi connectivity index (χ1) is 7.65. The Morgan fingerprint density at radius 1 is 1.69 bits per heavy atom. The van der Waals surface area contributed by atoms with Crippen LogP contribution < -0.4 is 11.1 Å². The molecule has 84 valence electrons. The van der Waals surface area contributed by atoms with Crippen LogP contribution in [-0.2, 0) is 6.54 Å². The predicted molar refractivity (Wildman–Crippen MR) is 53.2 cm³/mol. The summed E-state index contributed by atoms with van der Waals surface area (Å²) in [6.45, 7) is 1.96. The average molecular weight is 222 g/mol. The molecule has 0 saturated heterocycles. The van der Waals surface area contributed by atoms with Gasteiger partial charge in [-0.2, -0.15) is 4.98 Å². The smallest absolute Gasteiger partial charge is 0.289 e. The number of rotatable bonds is 3. The summed E-state index contributed by atoms with van der Waals surface area (Å²) in [5, 5.41) is 8.49. The minimum Gasteiger partial charge on any atom is -0.444 e. The number of nitrogen functional groups attached to an aromatic ring is 1. The number of nitrogens with two attached hydrogens (primary N) is 1. The average Bonchev–Trinajstić information content (AvgIpc) is 2.84. The molecule has 0 atom stereocenters. The van der Waals surface area contributed by atoms with Gasteiger partial charge in [-0.05, 0) is 6.92 Å². The number of aryl methyl sites for hydroxylation is 1. The summed E-state index contributed by atoms with van der Waals surface area (Å²) < 4.78 is 5.18. The molecule has 8 nitrogen and oxygen atoms in total. The molecule has 0 spiro atoms. The van der Waals surface area contributed by atoms with Gasteiger partial charge in [-0.25, -0.2) is 4.98 Å². The van der Waals surface area contributed by atoms with E-state index in [0.717, 1.165) is 0 Å². The Labute approximate surface area is 90.3 Å². The SMILES string of the molecule is Cc1cnc(CNC(=O)c2nc(N)n[nH]2)o1. The summed E-state index contributed by atoms with van der Waals surface area (Å²) in [5.74, 6) is 0.782. The van der Waals surface area contributed by atoms with Gasteiger partial charge in [-0.1, -0.05) is 0 Å². The molecule has 2 aromatic heterocycles. The molecular formula is C8H10N6O2. The molecule has 0 unspecified atom stereocenters. The zero-order valence-corrected chi connectivity index (χ0v) is 8.52. The molecule has 8 heteroatoms. The van der Waals surface area contributed by atoms with Crippen molar-refractivity contribution < 1.29 is 9.21 Å². The molecule has 0 aromatic carbocycles. The van der Waals surface area contributed by atoms with E-state index in [1.807, 2.05) is 0 Å². The van der Waals surface area contributed by atoms with Gasteiger partial charge in [-0.3, -0.25) is 9.89 Å². The molecule has 2 heterocycles.